The van der Waals surface area contributed by atoms with E-state index in [1.54, 1.807) is 0 Å². The molecule has 4 aliphatic carbocycles. The highest BCUT2D eigenvalue weighted by Gasteiger charge is 2.69. The Labute approximate surface area is 172 Å². The Hall–Kier alpha value is -1.91. The van der Waals surface area contributed by atoms with Crippen molar-refractivity contribution in [2.75, 3.05) is 7.11 Å². The maximum absolute atomic E-state index is 12.9. The van der Waals surface area contributed by atoms with Crippen LogP contribution in [0.5, 0.6) is 0 Å². The van der Waals surface area contributed by atoms with Gasteiger partial charge in [-0.15, -0.1) is 0 Å². The summed E-state index contributed by atoms with van der Waals surface area (Å²) in [5, 5.41) is 0. The Morgan fingerprint density at radius 2 is 1.79 bits per heavy atom. The maximum atomic E-state index is 12.9. The first kappa shape index (κ1) is 20.4. The highest BCUT2D eigenvalue weighted by atomic mass is 16.6. The SMILES string of the molecule is COC(=O)[C@]1(OC(C)=O)CCC2C3C=C(C)C4=CC(=O)CC[C@]4(C)C3CC[C@@]21C. The van der Waals surface area contributed by atoms with Gasteiger partial charge in [0.15, 0.2) is 5.78 Å². The molecule has 2 fully saturated rings. The molecule has 0 N–H and O–H groups in total. The van der Waals surface area contributed by atoms with Crippen molar-refractivity contribution < 1.29 is 23.9 Å². The Morgan fingerprint density at radius 3 is 2.45 bits per heavy atom. The van der Waals surface area contributed by atoms with Crippen LogP contribution >= 0.6 is 0 Å². The summed E-state index contributed by atoms with van der Waals surface area (Å²) in [5.74, 6) is 0.358. The van der Waals surface area contributed by atoms with Gasteiger partial charge in [0, 0.05) is 18.8 Å². The van der Waals surface area contributed by atoms with E-state index in [2.05, 4.69) is 26.8 Å². The van der Waals surface area contributed by atoms with Crippen molar-refractivity contribution in [3.8, 4) is 0 Å². The van der Waals surface area contributed by atoms with Gasteiger partial charge in [-0.2, -0.15) is 0 Å². The number of rotatable bonds is 2. The number of allylic oxidation sites excluding steroid dienone is 4. The van der Waals surface area contributed by atoms with Crippen LogP contribution in [0, 0.1) is 28.6 Å². The van der Waals surface area contributed by atoms with E-state index in [0.29, 0.717) is 24.7 Å². The molecule has 0 aliphatic heterocycles. The average Bonchev–Trinajstić information content (AvgIpc) is 2.95. The lowest BCUT2D eigenvalue weighted by atomic mass is 9.47. The summed E-state index contributed by atoms with van der Waals surface area (Å²) in [5.41, 5.74) is 0.734. The summed E-state index contributed by atoms with van der Waals surface area (Å²) in [6.45, 7) is 7.91. The molecular weight excluding hydrogens is 368 g/mol. The first-order chi connectivity index (χ1) is 13.6. The second-order valence-electron chi connectivity index (χ2n) is 9.99. The number of methoxy groups -OCH3 is 1. The second-order valence-corrected chi connectivity index (χ2v) is 9.99. The molecule has 0 heterocycles. The minimum atomic E-state index is -1.20. The predicted molar refractivity (Wildman–Crippen MR) is 108 cm³/mol. The smallest absolute Gasteiger partial charge is 0.350 e. The van der Waals surface area contributed by atoms with Crippen LogP contribution in [0.3, 0.4) is 0 Å². The molecular formula is C24H32O5. The summed E-state index contributed by atoms with van der Waals surface area (Å²) in [7, 11) is 1.37. The normalized spacial score (nSPS) is 43.3. The van der Waals surface area contributed by atoms with Gasteiger partial charge < -0.3 is 9.47 Å². The van der Waals surface area contributed by atoms with Crippen LogP contribution in [0.2, 0.25) is 0 Å². The first-order valence-corrected chi connectivity index (χ1v) is 10.8. The third-order valence-corrected chi connectivity index (χ3v) is 8.78. The Morgan fingerprint density at radius 1 is 1.10 bits per heavy atom. The van der Waals surface area contributed by atoms with Crippen molar-refractivity contribution in [1.29, 1.82) is 0 Å². The minimum Gasteiger partial charge on any atom is -0.466 e. The van der Waals surface area contributed by atoms with Gasteiger partial charge in [0.1, 0.15) is 0 Å². The van der Waals surface area contributed by atoms with E-state index in [4.69, 9.17) is 9.47 Å². The number of carbonyl (C=O) groups excluding carboxylic acids is 3. The lowest BCUT2D eigenvalue weighted by molar-refractivity contribution is -0.200. The average molecular weight is 401 g/mol. The molecule has 4 rings (SSSR count). The van der Waals surface area contributed by atoms with E-state index in [-0.39, 0.29) is 17.1 Å². The fourth-order valence-electron chi connectivity index (χ4n) is 7.37. The number of hydrogen-bond acceptors (Lipinski definition) is 5. The molecule has 4 aliphatic rings. The Bertz CT molecular complexity index is 838. The molecule has 0 bridgehead atoms. The van der Waals surface area contributed by atoms with Crippen molar-refractivity contribution >= 4 is 17.7 Å². The van der Waals surface area contributed by atoms with E-state index < -0.39 is 23.0 Å². The van der Waals surface area contributed by atoms with Crippen LogP contribution in [0.4, 0.5) is 0 Å². The lowest BCUT2D eigenvalue weighted by Crippen LogP contribution is -2.59. The molecule has 6 atom stereocenters. The lowest BCUT2D eigenvalue weighted by Gasteiger charge is -2.57. The van der Waals surface area contributed by atoms with Crippen LogP contribution in [-0.2, 0) is 23.9 Å². The van der Waals surface area contributed by atoms with Crippen LogP contribution in [0.15, 0.2) is 23.3 Å². The summed E-state index contributed by atoms with van der Waals surface area (Å²) in [6.07, 6.45) is 8.80. The molecule has 0 aromatic carbocycles. The monoisotopic (exact) mass is 400 g/mol. The van der Waals surface area contributed by atoms with E-state index in [0.717, 1.165) is 25.7 Å². The zero-order valence-electron chi connectivity index (χ0n) is 18.2. The number of hydrogen-bond donors (Lipinski definition) is 0. The Balaban J connectivity index is 1.79. The molecule has 2 saturated carbocycles. The van der Waals surface area contributed by atoms with Crippen molar-refractivity contribution in [3.05, 3.63) is 23.3 Å². The van der Waals surface area contributed by atoms with Gasteiger partial charge in [-0.05, 0) is 73.8 Å². The zero-order chi connectivity index (χ0) is 21.2. The molecule has 0 amide bonds. The van der Waals surface area contributed by atoms with E-state index in [1.165, 1.54) is 25.2 Å². The largest absolute Gasteiger partial charge is 0.466 e. The van der Waals surface area contributed by atoms with Gasteiger partial charge in [-0.1, -0.05) is 25.5 Å². The van der Waals surface area contributed by atoms with Gasteiger partial charge in [0.25, 0.3) is 0 Å². The van der Waals surface area contributed by atoms with Crippen LogP contribution < -0.4 is 0 Å². The summed E-state index contributed by atoms with van der Waals surface area (Å²) in [4.78, 5) is 37.0. The van der Waals surface area contributed by atoms with Gasteiger partial charge in [0.05, 0.1) is 7.11 Å². The number of carbonyl (C=O) groups is 3. The maximum Gasteiger partial charge on any atom is 0.350 e. The topological polar surface area (TPSA) is 69.7 Å². The molecule has 29 heavy (non-hydrogen) atoms. The molecule has 0 aromatic heterocycles. The van der Waals surface area contributed by atoms with Gasteiger partial charge in [-0.3, -0.25) is 9.59 Å². The molecule has 0 spiro atoms. The number of esters is 2. The van der Waals surface area contributed by atoms with Crippen LogP contribution in [-0.4, -0.2) is 30.4 Å². The van der Waals surface area contributed by atoms with Crippen molar-refractivity contribution in [2.24, 2.45) is 28.6 Å². The van der Waals surface area contributed by atoms with E-state index in [9.17, 15) is 14.4 Å². The third-order valence-electron chi connectivity index (χ3n) is 8.78. The summed E-state index contributed by atoms with van der Waals surface area (Å²) >= 11 is 0. The van der Waals surface area contributed by atoms with Gasteiger partial charge >= 0.3 is 11.9 Å². The molecule has 3 unspecified atom stereocenters. The second kappa shape index (κ2) is 6.55. The van der Waals surface area contributed by atoms with Crippen LogP contribution in [0.1, 0.15) is 66.2 Å². The highest BCUT2D eigenvalue weighted by molar-refractivity contribution is 5.92. The van der Waals surface area contributed by atoms with Crippen molar-refractivity contribution in [1.82, 2.24) is 0 Å². The predicted octanol–water partition coefficient (Wildman–Crippen LogP) is 4.16. The standard InChI is InChI=1S/C24H32O5/c1-14-12-17-18(22(3)9-6-16(26)13-20(14)22)7-10-23(4)19(17)8-11-24(23,21(27)28-5)29-15(2)25/h12-13,17-19H,6-11H2,1-5H3/t17?,18?,19?,22-,23+,24-/m1/s1. The molecule has 0 radical (unpaired) electrons. The van der Waals surface area contributed by atoms with Gasteiger partial charge in [-0.25, -0.2) is 4.79 Å². The summed E-state index contributed by atoms with van der Waals surface area (Å²) < 4.78 is 10.9. The molecule has 5 heteroatoms. The Kier molecular flexibility index (Phi) is 4.60. The van der Waals surface area contributed by atoms with Crippen LogP contribution in [0.25, 0.3) is 0 Å². The molecule has 0 aromatic rings. The fourth-order valence-corrected chi connectivity index (χ4v) is 7.37. The van der Waals surface area contributed by atoms with Crippen molar-refractivity contribution in [2.45, 2.75) is 71.8 Å². The highest BCUT2D eigenvalue weighted by Crippen LogP contribution is 2.67. The first-order valence-electron chi connectivity index (χ1n) is 10.8. The number of ether oxygens (including phenoxy) is 2. The molecule has 158 valence electrons. The summed E-state index contributed by atoms with van der Waals surface area (Å²) in [6, 6.07) is 0. The minimum absolute atomic E-state index is 0.00329. The molecule has 0 saturated heterocycles. The number of ketones is 1. The van der Waals surface area contributed by atoms with E-state index >= 15 is 0 Å². The third kappa shape index (κ3) is 2.62. The van der Waals surface area contributed by atoms with Gasteiger partial charge in [0.2, 0.25) is 5.60 Å². The number of fused-ring (bicyclic) bond motifs is 5. The van der Waals surface area contributed by atoms with Crippen molar-refractivity contribution in [3.63, 3.8) is 0 Å². The zero-order valence-corrected chi connectivity index (χ0v) is 18.2. The quantitative estimate of drug-likeness (QED) is 0.651. The van der Waals surface area contributed by atoms with E-state index in [1.807, 2.05) is 6.08 Å². The molecule has 5 nitrogen and oxygen atoms in total. The fraction of sp³-hybridized carbons (Fsp3) is 0.708.